The number of aromatic nitrogens is 1. The van der Waals surface area contributed by atoms with Gasteiger partial charge >= 0.3 is 0 Å². The summed E-state index contributed by atoms with van der Waals surface area (Å²) in [5.74, 6) is 1.87. The minimum absolute atomic E-state index is 0.221. The number of fused-ring (bicyclic) bond motifs is 1. The molecule has 0 unspecified atom stereocenters. The average Bonchev–Trinajstić information content (AvgIpc) is 3.33. The topological polar surface area (TPSA) is 95.7 Å². The van der Waals surface area contributed by atoms with Gasteiger partial charge in [-0.3, -0.25) is 4.79 Å². The van der Waals surface area contributed by atoms with E-state index in [1.807, 2.05) is 48.5 Å². The maximum Gasteiger partial charge on any atom is 0.263 e. The number of nitrogens with one attached hydrogen (secondary N) is 1. The van der Waals surface area contributed by atoms with E-state index in [-0.39, 0.29) is 5.91 Å². The summed E-state index contributed by atoms with van der Waals surface area (Å²) >= 11 is 1.31. The van der Waals surface area contributed by atoms with Gasteiger partial charge in [-0.05, 0) is 72.5 Å². The van der Waals surface area contributed by atoms with E-state index in [0.29, 0.717) is 39.9 Å². The highest BCUT2D eigenvalue weighted by molar-refractivity contribution is 7.21. The summed E-state index contributed by atoms with van der Waals surface area (Å²) < 4.78 is 16.0. The fourth-order valence-electron chi connectivity index (χ4n) is 4.60. The van der Waals surface area contributed by atoms with Crippen LogP contribution in [0, 0.1) is 6.92 Å². The number of benzene rings is 3. The Morgan fingerprint density at radius 3 is 2.25 bits per heavy atom. The van der Waals surface area contributed by atoms with Crippen molar-refractivity contribution >= 4 is 33.1 Å². The Bertz CT molecular complexity index is 1660. The van der Waals surface area contributed by atoms with Crippen LogP contribution in [0.3, 0.4) is 0 Å². The third-order valence-corrected chi connectivity index (χ3v) is 7.90. The Hall–Kier alpha value is -4.56. The van der Waals surface area contributed by atoms with E-state index in [1.165, 1.54) is 11.3 Å². The molecule has 0 fully saturated rings. The van der Waals surface area contributed by atoms with Gasteiger partial charge in [0, 0.05) is 17.5 Å². The molecule has 0 spiro atoms. The van der Waals surface area contributed by atoms with Gasteiger partial charge in [0.1, 0.15) is 15.5 Å². The second kappa shape index (κ2) is 11.7. The number of aryl methyl sites for hydroxylation is 1. The number of ether oxygens (including phenoxy) is 3. The number of amides is 1. The lowest BCUT2D eigenvalue weighted by atomic mass is 9.98. The molecule has 2 heterocycles. The molecular weight excluding hydrogens is 522 g/mol. The lowest BCUT2D eigenvalue weighted by molar-refractivity contribution is 0.0959. The first kappa shape index (κ1) is 27.0. The molecule has 0 aliphatic rings. The highest BCUT2D eigenvalue weighted by Crippen LogP contribution is 2.41. The molecule has 5 rings (SSSR count). The number of hydrogen-bond acceptors (Lipinski definition) is 7. The number of thiophene rings is 1. The van der Waals surface area contributed by atoms with Gasteiger partial charge in [0.25, 0.3) is 5.91 Å². The second-order valence-corrected chi connectivity index (χ2v) is 10.4. The Balaban J connectivity index is 1.47. The van der Waals surface area contributed by atoms with Crippen molar-refractivity contribution in [2.24, 2.45) is 0 Å². The van der Waals surface area contributed by atoms with Crippen molar-refractivity contribution in [3.05, 3.63) is 88.8 Å². The van der Waals surface area contributed by atoms with E-state index in [2.05, 4.69) is 36.5 Å². The number of pyridine rings is 1. The molecule has 0 bridgehead atoms. The maximum absolute atomic E-state index is 13.3. The van der Waals surface area contributed by atoms with Crippen molar-refractivity contribution in [3.63, 3.8) is 0 Å². The fourth-order valence-corrected chi connectivity index (χ4v) is 5.63. The monoisotopic (exact) mass is 553 g/mol. The van der Waals surface area contributed by atoms with E-state index in [9.17, 15) is 4.79 Å². The van der Waals surface area contributed by atoms with Crippen LogP contribution in [-0.2, 0) is 6.42 Å². The molecular formula is C32H31N3O4S. The summed E-state index contributed by atoms with van der Waals surface area (Å²) in [4.78, 5) is 19.4. The summed E-state index contributed by atoms with van der Waals surface area (Å²) in [6.07, 6.45) is 0.630. The van der Waals surface area contributed by atoms with Crippen LogP contribution >= 0.6 is 11.3 Å². The molecule has 1 amide bonds. The molecule has 40 heavy (non-hydrogen) atoms. The van der Waals surface area contributed by atoms with Crippen molar-refractivity contribution in [1.82, 2.24) is 10.3 Å². The smallest absolute Gasteiger partial charge is 0.263 e. The van der Waals surface area contributed by atoms with Crippen LogP contribution in [0.5, 0.6) is 17.2 Å². The summed E-state index contributed by atoms with van der Waals surface area (Å²) in [7, 11) is 4.85. The van der Waals surface area contributed by atoms with E-state index >= 15 is 0 Å². The van der Waals surface area contributed by atoms with Crippen LogP contribution in [0.2, 0.25) is 0 Å². The van der Waals surface area contributed by atoms with Crippen LogP contribution in [0.1, 0.15) is 20.8 Å². The molecule has 0 radical (unpaired) electrons. The Kier molecular flexibility index (Phi) is 7.89. The summed E-state index contributed by atoms with van der Waals surface area (Å²) in [6.45, 7) is 2.50. The molecule has 8 heteroatoms. The van der Waals surface area contributed by atoms with Crippen molar-refractivity contribution in [2.45, 2.75) is 13.3 Å². The molecule has 0 atom stereocenters. The van der Waals surface area contributed by atoms with E-state index < -0.39 is 0 Å². The Morgan fingerprint density at radius 1 is 0.875 bits per heavy atom. The number of rotatable bonds is 9. The number of anilines is 1. The Labute approximate surface area is 237 Å². The Morgan fingerprint density at radius 2 is 1.57 bits per heavy atom. The second-order valence-electron chi connectivity index (χ2n) is 9.37. The molecule has 3 N–H and O–H groups in total. The zero-order valence-corrected chi connectivity index (χ0v) is 23.7. The third kappa shape index (κ3) is 5.44. The number of carbonyl (C=O) groups excluding carboxylic acids is 1. The minimum atomic E-state index is -0.221. The van der Waals surface area contributed by atoms with Gasteiger partial charge in [0.05, 0.1) is 32.7 Å². The molecule has 7 nitrogen and oxygen atoms in total. The average molecular weight is 554 g/mol. The quantitative estimate of drug-likeness (QED) is 0.216. The zero-order chi connectivity index (χ0) is 28.2. The first-order valence-corrected chi connectivity index (χ1v) is 13.7. The van der Waals surface area contributed by atoms with Gasteiger partial charge in [0.15, 0.2) is 11.5 Å². The largest absolute Gasteiger partial charge is 0.497 e. The standard InChI is InChI=1S/C32H31N3O4S/c1-19-5-8-21(9-6-19)24-18-25(22-10-12-23(37-2)13-11-22)35-32-28(24)29(33)30(40-32)31(36)34-16-15-20-7-14-26(38-3)27(17-20)39-4/h5-14,17-18H,15-16,33H2,1-4H3,(H,34,36). The number of carbonyl (C=O) groups is 1. The van der Waals surface area contributed by atoms with Gasteiger partial charge in [-0.25, -0.2) is 4.98 Å². The van der Waals surface area contributed by atoms with Crippen LogP contribution in [0.4, 0.5) is 5.69 Å². The van der Waals surface area contributed by atoms with Crippen molar-refractivity contribution in [1.29, 1.82) is 0 Å². The summed E-state index contributed by atoms with van der Waals surface area (Å²) in [5, 5.41) is 3.81. The molecule has 0 aliphatic carbocycles. The molecule has 204 valence electrons. The van der Waals surface area contributed by atoms with Crippen LogP contribution in [0.25, 0.3) is 32.6 Å². The molecule has 0 saturated heterocycles. The number of nitrogens with two attached hydrogens (primary N) is 1. The first-order valence-electron chi connectivity index (χ1n) is 12.9. The SMILES string of the molecule is COc1ccc(-c2cc(-c3ccc(C)cc3)c3c(N)c(C(=O)NCCc4ccc(OC)c(OC)c4)sc3n2)cc1. The first-order chi connectivity index (χ1) is 19.4. The third-order valence-electron chi connectivity index (χ3n) is 6.80. The van der Waals surface area contributed by atoms with Crippen LogP contribution in [0.15, 0.2) is 72.8 Å². The maximum atomic E-state index is 13.3. The van der Waals surface area contributed by atoms with E-state index in [0.717, 1.165) is 44.6 Å². The zero-order valence-electron chi connectivity index (χ0n) is 22.9. The van der Waals surface area contributed by atoms with Gasteiger partial charge in [0.2, 0.25) is 0 Å². The van der Waals surface area contributed by atoms with Crippen LogP contribution in [-0.4, -0.2) is 38.8 Å². The van der Waals surface area contributed by atoms with Crippen molar-refractivity contribution in [3.8, 4) is 39.6 Å². The summed E-state index contributed by atoms with van der Waals surface area (Å²) in [6, 6.07) is 23.8. The van der Waals surface area contributed by atoms with Gasteiger partial charge < -0.3 is 25.3 Å². The molecule has 5 aromatic rings. The van der Waals surface area contributed by atoms with Gasteiger partial charge in [-0.2, -0.15) is 0 Å². The number of nitrogen functional groups attached to an aromatic ring is 1. The highest BCUT2D eigenvalue weighted by Gasteiger charge is 2.21. The minimum Gasteiger partial charge on any atom is -0.497 e. The van der Waals surface area contributed by atoms with Crippen molar-refractivity contribution in [2.75, 3.05) is 33.6 Å². The highest BCUT2D eigenvalue weighted by atomic mass is 32.1. The lowest BCUT2D eigenvalue weighted by Crippen LogP contribution is -2.25. The number of nitrogens with zero attached hydrogens (tertiary/aromatic N) is 1. The molecule has 0 aliphatic heterocycles. The normalized spacial score (nSPS) is 10.9. The predicted octanol–water partition coefficient (Wildman–Crippen LogP) is 6.52. The lowest BCUT2D eigenvalue weighted by Gasteiger charge is -2.10. The van der Waals surface area contributed by atoms with Crippen molar-refractivity contribution < 1.29 is 19.0 Å². The van der Waals surface area contributed by atoms with E-state index in [4.69, 9.17) is 24.9 Å². The van der Waals surface area contributed by atoms with Gasteiger partial charge in [-0.15, -0.1) is 11.3 Å². The molecule has 2 aromatic heterocycles. The van der Waals surface area contributed by atoms with Crippen LogP contribution < -0.4 is 25.3 Å². The van der Waals surface area contributed by atoms with Gasteiger partial charge in [-0.1, -0.05) is 35.9 Å². The number of hydrogen-bond donors (Lipinski definition) is 2. The van der Waals surface area contributed by atoms with E-state index in [1.54, 1.807) is 21.3 Å². The molecule has 0 saturated carbocycles. The predicted molar refractivity (Wildman–Crippen MR) is 162 cm³/mol. The number of methoxy groups -OCH3 is 3. The fraction of sp³-hybridized carbons (Fsp3) is 0.188. The summed E-state index contributed by atoms with van der Waals surface area (Å²) in [5.41, 5.74) is 13.0. The molecule has 3 aromatic carbocycles.